The Morgan fingerprint density at radius 2 is 2.07 bits per heavy atom. The molecule has 2 aromatic carbocycles. The Morgan fingerprint density at radius 1 is 1.22 bits per heavy atom. The smallest absolute Gasteiger partial charge is 0.226 e. The van der Waals surface area contributed by atoms with Crippen LogP contribution in [0.2, 0.25) is 0 Å². The predicted octanol–water partition coefficient (Wildman–Crippen LogP) is 4.04. The monoisotopic (exact) mass is 384 g/mol. The molecule has 0 spiro atoms. The molecular formula is C20H20N2O4S. The van der Waals surface area contributed by atoms with Gasteiger partial charge in [0.25, 0.3) is 0 Å². The Morgan fingerprint density at radius 3 is 2.93 bits per heavy atom. The van der Waals surface area contributed by atoms with Crippen LogP contribution in [0.5, 0.6) is 17.2 Å². The fourth-order valence-corrected chi connectivity index (χ4v) is 3.92. The van der Waals surface area contributed by atoms with E-state index in [-0.39, 0.29) is 5.91 Å². The van der Waals surface area contributed by atoms with Gasteiger partial charge in [0.05, 0.1) is 11.8 Å². The molecule has 0 fully saturated rings. The minimum Gasteiger partial charge on any atom is -0.494 e. The van der Waals surface area contributed by atoms with Gasteiger partial charge in [0.1, 0.15) is 24.5 Å². The Kier molecular flexibility index (Phi) is 5.11. The molecule has 0 unspecified atom stereocenters. The second-order valence-corrected chi connectivity index (χ2v) is 7.24. The third-order valence-electron chi connectivity index (χ3n) is 4.32. The SMILES string of the molecule is COc1cccc2sc(NC(=O)CCCc3ccc4c(c3)OCCO4)nc12. The second-order valence-electron chi connectivity index (χ2n) is 6.21. The third-order valence-corrected chi connectivity index (χ3v) is 5.26. The number of rotatable bonds is 6. The highest BCUT2D eigenvalue weighted by molar-refractivity contribution is 7.22. The van der Waals surface area contributed by atoms with E-state index in [1.165, 1.54) is 11.3 Å². The summed E-state index contributed by atoms with van der Waals surface area (Å²) in [6, 6.07) is 11.7. The summed E-state index contributed by atoms with van der Waals surface area (Å²) in [5, 5.41) is 3.48. The highest BCUT2D eigenvalue weighted by Gasteiger charge is 2.13. The maximum Gasteiger partial charge on any atom is 0.226 e. The van der Waals surface area contributed by atoms with Crippen molar-refractivity contribution in [2.45, 2.75) is 19.3 Å². The van der Waals surface area contributed by atoms with Crippen LogP contribution >= 0.6 is 11.3 Å². The molecule has 4 rings (SSSR count). The summed E-state index contributed by atoms with van der Waals surface area (Å²) < 4.78 is 17.4. The number of nitrogens with one attached hydrogen (secondary N) is 1. The van der Waals surface area contributed by atoms with Gasteiger partial charge in [0.2, 0.25) is 5.91 Å². The summed E-state index contributed by atoms with van der Waals surface area (Å²) in [6.07, 6.45) is 1.99. The molecule has 0 saturated heterocycles. The van der Waals surface area contributed by atoms with Gasteiger partial charge in [-0.15, -0.1) is 0 Å². The Labute approximate surface area is 161 Å². The zero-order valence-electron chi connectivity index (χ0n) is 15.0. The molecule has 0 saturated carbocycles. The lowest BCUT2D eigenvalue weighted by molar-refractivity contribution is -0.116. The fourth-order valence-electron chi connectivity index (χ4n) is 3.02. The molecule has 27 heavy (non-hydrogen) atoms. The minimum absolute atomic E-state index is 0.0365. The standard InChI is InChI=1S/C20H20N2O4S/c1-24-15-5-3-6-17-19(15)22-20(27-17)21-18(23)7-2-4-13-8-9-14-16(12-13)26-11-10-25-14/h3,5-6,8-9,12H,2,4,7,10-11H2,1H3,(H,21,22,23). The van der Waals surface area contributed by atoms with Gasteiger partial charge in [-0.05, 0) is 42.7 Å². The van der Waals surface area contributed by atoms with Crippen molar-refractivity contribution < 1.29 is 19.0 Å². The lowest BCUT2D eigenvalue weighted by Crippen LogP contribution is -2.15. The zero-order valence-corrected chi connectivity index (χ0v) is 15.8. The van der Waals surface area contributed by atoms with E-state index in [4.69, 9.17) is 14.2 Å². The van der Waals surface area contributed by atoms with Crippen LogP contribution in [0, 0.1) is 0 Å². The fraction of sp³-hybridized carbons (Fsp3) is 0.300. The average molecular weight is 384 g/mol. The summed E-state index contributed by atoms with van der Waals surface area (Å²) in [5.41, 5.74) is 1.91. The molecule has 140 valence electrons. The largest absolute Gasteiger partial charge is 0.494 e. The minimum atomic E-state index is -0.0365. The van der Waals surface area contributed by atoms with Gasteiger partial charge in [-0.2, -0.15) is 0 Å². The van der Waals surface area contributed by atoms with Gasteiger partial charge in [0.15, 0.2) is 16.6 Å². The topological polar surface area (TPSA) is 69.7 Å². The van der Waals surface area contributed by atoms with Crippen molar-refractivity contribution in [3.63, 3.8) is 0 Å². The van der Waals surface area contributed by atoms with Crippen LogP contribution in [0.4, 0.5) is 5.13 Å². The normalized spacial score (nSPS) is 12.8. The number of aromatic nitrogens is 1. The van der Waals surface area contributed by atoms with Crippen molar-refractivity contribution in [2.24, 2.45) is 0 Å². The van der Waals surface area contributed by atoms with Crippen LogP contribution in [0.3, 0.4) is 0 Å². The summed E-state index contributed by atoms with van der Waals surface area (Å²) in [5.74, 6) is 2.24. The third kappa shape index (κ3) is 3.98. The summed E-state index contributed by atoms with van der Waals surface area (Å²) in [7, 11) is 1.62. The highest BCUT2D eigenvalue weighted by Crippen LogP contribution is 2.33. The van der Waals surface area contributed by atoms with E-state index in [0.717, 1.165) is 40.1 Å². The van der Waals surface area contributed by atoms with E-state index >= 15 is 0 Å². The number of benzene rings is 2. The van der Waals surface area contributed by atoms with Crippen LogP contribution in [0.15, 0.2) is 36.4 Å². The van der Waals surface area contributed by atoms with E-state index in [2.05, 4.69) is 10.3 Å². The molecular weight excluding hydrogens is 364 g/mol. The number of amides is 1. The van der Waals surface area contributed by atoms with Gasteiger partial charge in [-0.25, -0.2) is 4.98 Å². The van der Waals surface area contributed by atoms with E-state index in [9.17, 15) is 4.79 Å². The van der Waals surface area contributed by atoms with Crippen molar-refractivity contribution in [1.29, 1.82) is 0 Å². The molecule has 0 bridgehead atoms. The van der Waals surface area contributed by atoms with Crippen LogP contribution in [-0.4, -0.2) is 31.2 Å². The summed E-state index contributed by atoms with van der Waals surface area (Å²) in [4.78, 5) is 16.7. The van der Waals surface area contributed by atoms with Crippen molar-refractivity contribution in [3.05, 3.63) is 42.0 Å². The number of ether oxygens (including phenoxy) is 3. The number of carbonyl (C=O) groups excluding carboxylic acids is 1. The van der Waals surface area contributed by atoms with Crippen molar-refractivity contribution in [2.75, 3.05) is 25.6 Å². The lowest BCUT2D eigenvalue weighted by atomic mass is 10.1. The molecule has 1 N–H and O–H groups in total. The number of aryl methyl sites for hydroxylation is 1. The number of anilines is 1. The van der Waals surface area contributed by atoms with Gasteiger partial charge >= 0.3 is 0 Å². The predicted molar refractivity (Wildman–Crippen MR) is 105 cm³/mol. The highest BCUT2D eigenvalue weighted by atomic mass is 32.1. The average Bonchev–Trinajstić information content (AvgIpc) is 3.10. The first-order chi connectivity index (χ1) is 13.2. The molecule has 1 aromatic heterocycles. The molecule has 0 radical (unpaired) electrons. The number of hydrogen-bond acceptors (Lipinski definition) is 6. The summed E-state index contributed by atoms with van der Waals surface area (Å²) >= 11 is 1.45. The van der Waals surface area contributed by atoms with E-state index in [0.29, 0.717) is 30.5 Å². The molecule has 7 heteroatoms. The van der Waals surface area contributed by atoms with E-state index in [1.54, 1.807) is 7.11 Å². The lowest BCUT2D eigenvalue weighted by Gasteiger charge is -2.18. The Bertz CT molecular complexity index is 970. The first kappa shape index (κ1) is 17.6. The maximum atomic E-state index is 12.2. The van der Waals surface area contributed by atoms with Crippen LogP contribution in [-0.2, 0) is 11.2 Å². The maximum absolute atomic E-state index is 12.2. The van der Waals surface area contributed by atoms with E-state index < -0.39 is 0 Å². The van der Waals surface area contributed by atoms with Crippen LogP contribution < -0.4 is 19.5 Å². The quantitative estimate of drug-likeness (QED) is 0.695. The molecule has 0 atom stereocenters. The number of thiazole rings is 1. The molecule has 1 aliphatic heterocycles. The number of methoxy groups -OCH3 is 1. The number of nitrogens with zero attached hydrogens (tertiary/aromatic N) is 1. The molecule has 3 aromatic rings. The van der Waals surface area contributed by atoms with Crippen molar-refractivity contribution >= 4 is 32.6 Å². The molecule has 2 heterocycles. The number of para-hydroxylation sites is 1. The number of hydrogen-bond donors (Lipinski definition) is 1. The van der Waals surface area contributed by atoms with Crippen LogP contribution in [0.1, 0.15) is 18.4 Å². The zero-order chi connectivity index (χ0) is 18.6. The Balaban J connectivity index is 1.32. The van der Waals surface area contributed by atoms with Gasteiger partial charge in [-0.1, -0.05) is 23.5 Å². The first-order valence-corrected chi connectivity index (χ1v) is 9.66. The van der Waals surface area contributed by atoms with Gasteiger partial charge in [0, 0.05) is 6.42 Å². The number of carbonyl (C=O) groups is 1. The summed E-state index contributed by atoms with van der Waals surface area (Å²) in [6.45, 7) is 1.16. The van der Waals surface area contributed by atoms with Crippen molar-refractivity contribution in [1.82, 2.24) is 4.98 Å². The molecule has 1 amide bonds. The van der Waals surface area contributed by atoms with Crippen LogP contribution in [0.25, 0.3) is 10.2 Å². The molecule has 0 aliphatic carbocycles. The van der Waals surface area contributed by atoms with Gasteiger partial charge in [-0.3, -0.25) is 4.79 Å². The molecule has 1 aliphatic rings. The van der Waals surface area contributed by atoms with Gasteiger partial charge < -0.3 is 19.5 Å². The molecule has 6 nitrogen and oxygen atoms in total. The van der Waals surface area contributed by atoms with E-state index in [1.807, 2.05) is 36.4 Å². The van der Waals surface area contributed by atoms with Crippen molar-refractivity contribution in [3.8, 4) is 17.2 Å². The second kappa shape index (κ2) is 7.84. The first-order valence-electron chi connectivity index (χ1n) is 8.85. The Hall–Kier alpha value is -2.80. The number of fused-ring (bicyclic) bond motifs is 2.